The summed E-state index contributed by atoms with van der Waals surface area (Å²) in [4.78, 5) is 0. The van der Waals surface area contributed by atoms with Crippen LogP contribution in [0, 0.1) is 0 Å². The summed E-state index contributed by atoms with van der Waals surface area (Å²) >= 11 is 0. The molecule has 0 spiro atoms. The molecule has 0 amide bonds. The van der Waals surface area contributed by atoms with Crippen molar-refractivity contribution < 1.29 is 9.50 Å². The third kappa shape index (κ3) is 5.77. The number of hydrogen-bond acceptors (Lipinski definition) is 1. The van der Waals surface area contributed by atoms with Crippen molar-refractivity contribution >= 4 is 0 Å². The quantitative estimate of drug-likeness (QED) is 0.569. The fraction of sp³-hybridized carbons (Fsp3) is 1.00. The molecule has 0 aliphatic carbocycles. The topological polar surface area (TPSA) is 20.2 Å². The van der Waals surface area contributed by atoms with Gasteiger partial charge in [0.1, 0.15) is 6.17 Å². The van der Waals surface area contributed by atoms with Crippen molar-refractivity contribution in [2.45, 2.75) is 38.8 Å². The highest BCUT2D eigenvalue weighted by molar-refractivity contribution is 4.52. The zero-order chi connectivity index (χ0) is 7.11. The zero-order valence-corrected chi connectivity index (χ0v) is 5.94. The molecule has 0 aliphatic heterocycles. The maximum absolute atomic E-state index is 12.2. The third-order valence-corrected chi connectivity index (χ3v) is 1.32. The van der Waals surface area contributed by atoms with Crippen LogP contribution in [0.1, 0.15) is 32.6 Å². The van der Waals surface area contributed by atoms with Gasteiger partial charge in [-0.25, -0.2) is 4.39 Å². The van der Waals surface area contributed by atoms with Crippen LogP contribution >= 0.6 is 0 Å². The summed E-state index contributed by atoms with van der Waals surface area (Å²) in [6.07, 6.45) is 2.61. The molecular formula is C7H15FO. The number of aliphatic hydroxyl groups is 1. The van der Waals surface area contributed by atoms with Gasteiger partial charge in [-0.05, 0) is 6.42 Å². The van der Waals surface area contributed by atoms with Crippen LogP contribution in [0.5, 0.6) is 0 Å². The van der Waals surface area contributed by atoms with E-state index in [2.05, 4.69) is 6.92 Å². The molecule has 0 aromatic heterocycles. The minimum atomic E-state index is -0.989. The molecule has 1 nitrogen and oxygen atoms in total. The molecule has 1 N–H and O–H groups in total. The summed E-state index contributed by atoms with van der Waals surface area (Å²) < 4.78 is 12.2. The molecule has 0 saturated carbocycles. The Bertz CT molecular complexity index is 56.9. The highest BCUT2D eigenvalue weighted by atomic mass is 19.1. The van der Waals surface area contributed by atoms with Crippen molar-refractivity contribution in [1.82, 2.24) is 0 Å². The number of hydrogen-bond donors (Lipinski definition) is 1. The maximum atomic E-state index is 12.2. The normalized spacial score (nSPS) is 13.7. The van der Waals surface area contributed by atoms with Crippen molar-refractivity contribution in [2.75, 3.05) is 6.61 Å². The summed E-state index contributed by atoms with van der Waals surface area (Å²) in [5.74, 6) is 0. The van der Waals surface area contributed by atoms with Crippen LogP contribution in [0.4, 0.5) is 4.39 Å². The Balaban J connectivity index is 2.88. The second-order valence-corrected chi connectivity index (χ2v) is 2.28. The fourth-order valence-corrected chi connectivity index (χ4v) is 0.707. The maximum Gasteiger partial charge on any atom is 0.123 e. The molecule has 1 unspecified atom stereocenters. The average Bonchev–Trinajstić information content (AvgIpc) is 1.89. The van der Waals surface area contributed by atoms with Gasteiger partial charge in [-0.1, -0.05) is 26.2 Å². The molecule has 0 bridgehead atoms. The number of halogens is 1. The molecule has 0 heterocycles. The van der Waals surface area contributed by atoms with Gasteiger partial charge in [-0.2, -0.15) is 0 Å². The molecule has 0 radical (unpaired) electrons. The van der Waals surface area contributed by atoms with Crippen molar-refractivity contribution in [2.24, 2.45) is 0 Å². The lowest BCUT2D eigenvalue weighted by molar-refractivity contribution is 0.167. The molecule has 9 heavy (non-hydrogen) atoms. The predicted octanol–water partition coefficient (Wildman–Crippen LogP) is 1.90. The Kier molecular flexibility index (Phi) is 5.94. The van der Waals surface area contributed by atoms with Crippen LogP contribution in [0.25, 0.3) is 0 Å². The average molecular weight is 134 g/mol. The van der Waals surface area contributed by atoms with Gasteiger partial charge in [0.05, 0.1) is 6.61 Å². The van der Waals surface area contributed by atoms with E-state index in [4.69, 9.17) is 5.11 Å². The summed E-state index contributed by atoms with van der Waals surface area (Å²) in [5, 5.41) is 8.26. The van der Waals surface area contributed by atoms with E-state index in [0.29, 0.717) is 6.42 Å². The number of rotatable bonds is 5. The molecule has 0 rings (SSSR count). The first kappa shape index (κ1) is 8.89. The van der Waals surface area contributed by atoms with E-state index >= 15 is 0 Å². The van der Waals surface area contributed by atoms with Crippen LogP contribution in [0.2, 0.25) is 0 Å². The first-order valence-corrected chi connectivity index (χ1v) is 3.56. The van der Waals surface area contributed by atoms with E-state index in [0.717, 1.165) is 19.3 Å². The standard InChI is InChI=1S/C7H15FO/c1-2-3-4-5-7(8)6-9/h7,9H,2-6H2,1H3. The van der Waals surface area contributed by atoms with Crippen molar-refractivity contribution in [3.63, 3.8) is 0 Å². The monoisotopic (exact) mass is 134 g/mol. The van der Waals surface area contributed by atoms with E-state index in [1.807, 2.05) is 0 Å². The van der Waals surface area contributed by atoms with Crippen LogP contribution in [0.15, 0.2) is 0 Å². The molecule has 2 heteroatoms. The van der Waals surface area contributed by atoms with Gasteiger partial charge in [0.25, 0.3) is 0 Å². The highest BCUT2D eigenvalue weighted by Gasteiger charge is 2.01. The lowest BCUT2D eigenvalue weighted by Gasteiger charge is -2.01. The van der Waals surface area contributed by atoms with Gasteiger partial charge in [0.2, 0.25) is 0 Å². The van der Waals surface area contributed by atoms with Crippen molar-refractivity contribution in [3.05, 3.63) is 0 Å². The van der Waals surface area contributed by atoms with Gasteiger partial charge in [0.15, 0.2) is 0 Å². The molecule has 0 saturated heterocycles. The largest absolute Gasteiger partial charge is 0.393 e. The molecular weight excluding hydrogens is 119 g/mol. The Morgan fingerprint density at radius 1 is 1.44 bits per heavy atom. The summed E-state index contributed by atoms with van der Waals surface area (Å²) in [6.45, 7) is 1.76. The Morgan fingerprint density at radius 3 is 2.56 bits per heavy atom. The summed E-state index contributed by atoms with van der Waals surface area (Å²) in [5.41, 5.74) is 0. The van der Waals surface area contributed by atoms with Gasteiger partial charge >= 0.3 is 0 Å². The molecule has 0 aliphatic rings. The lowest BCUT2D eigenvalue weighted by Crippen LogP contribution is -2.04. The van der Waals surface area contributed by atoms with E-state index in [1.54, 1.807) is 0 Å². The SMILES string of the molecule is CCCCCC(F)CO. The molecule has 56 valence electrons. The molecule has 0 aromatic rings. The van der Waals surface area contributed by atoms with Gasteiger partial charge in [0, 0.05) is 0 Å². The smallest absolute Gasteiger partial charge is 0.123 e. The van der Waals surface area contributed by atoms with Crippen molar-refractivity contribution in [3.8, 4) is 0 Å². The molecule has 0 aromatic carbocycles. The van der Waals surface area contributed by atoms with Crippen LogP contribution in [0.3, 0.4) is 0 Å². The summed E-state index contributed by atoms with van der Waals surface area (Å²) in [6, 6.07) is 0. The second-order valence-electron chi connectivity index (χ2n) is 2.28. The summed E-state index contributed by atoms with van der Waals surface area (Å²) in [7, 11) is 0. The van der Waals surface area contributed by atoms with E-state index in [1.165, 1.54) is 0 Å². The van der Waals surface area contributed by atoms with Gasteiger partial charge < -0.3 is 5.11 Å². The molecule has 1 atom stereocenters. The minimum absolute atomic E-state index is 0.316. The number of aliphatic hydroxyl groups excluding tert-OH is 1. The second kappa shape index (κ2) is 6.02. The first-order valence-electron chi connectivity index (χ1n) is 3.56. The Hall–Kier alpha value is -0.110. The van der Waals surface area contributed by atoms with Crippen molar-refractivity contribution in [1.29, 1.82) is 0 Å². The fourth-order valence-electron chi connectivity index (χ4n) is 0.707. The third-order valence-electron chi connectivity index (χ3n) is 1.32. The molecule has 0 fully saturated rings. The van der Waals surface area contributed by atoms with Crippen LogP contribution in [-0.2, 0) is 0 Å². The predicted molar refractivity (Wildman–Crippen MR) is 36.1 cm³/mol. The van der Waals surface area contributed by atoms with Gasteiger partial charge in [-0.3, -0.25) is 0 Å². The Labute approximate surface area is 55.9 Å². The van der Waals surface area contributed by atoms with Crippen LogP contribution < -0.4 is 0 Å². The minimum Gasteiger partial charge on any atom is -0.393 e. The van der Waals surface area contributed by atoms with E-state index < -0.39 is 6.17 Å². The number of unbranched alkanes of at least 4 members (excludes halogenated alkanes) is 2. The van der Waals surface area contributed by atoms with E-state index in [-0.39, 0.29) is 6.61 Å². The zero-order valence-electron chi connectivity index (χ0n) is 5.94. The number of alkyl halides is 1. The lowest BCUT2D eigenvalue weighted by atomic mass is 10.1. The van der Waals surface area contributed by atoms with E-state index in [9.17, 15) is 4.39 Å². The first-order chi connectivity index (χ1) is 4.31. The Morgan fingerprint density at radius 2 is 2.11 bits per heavy atom. The van der Waals surface area contributed by atoms with Crippen LogP contribution in [-0.4, -0.2) is 17.9 Å². The highest BCUT2D eigenvalue weighted by Crippen LogP contribution is 2.04. The van der Waals surface area contributed by atoms with Gasteiger partial charge in [-0.15, -0.1) is 0 Å².